The Bertz CT molecular complexity index is 267. The first-order chi connectivity index (χ1) is 10.8. The molecule has 0 saturated heterocycles. The molecule has 0 unspecified atom stereocenters. The van der Waals surface area contributed by atoms with Crippen LogP contribution in [0.4, 0.5) is 4.79 Å². The average Bonchev–Trinajstić information content (AvgIpc) is 2.51. The first kappa shape index (κ1) is 21.3. The number of halogens is 1. The lowest BCUT2D eigenvalue weighted by Gasteiger charge is -2.03. The van der Waals surface area contributed by atoms with Crippen molar-refractivity contribution in [2.24, 2.45) is 0 Å². The van der Waals surface area contributed by atoms with Gasteiger partial charge >= 0.3 is 6.16 Å². The Balaban J connectivity index is 3.12. The SMILES string of the molecule is CCCCCCCC/C=C/CCCCCCOC(=O)OCCl. The van der Waals surface area contributed by atoms with Gasteiger partial charge in [0.05, 0.1) is 6.61 Å². The third-order valence-electron chi connectivity index (χ3n) is 3.55. The number of hydrogen-bond acceptors (Lipinski definition) is 3. The molecule has 0 amide bonds. The number of allylic oxidation sites excluding steroid dienone is 2. The van der Waals surface area contributed by atoms with E-state index >= 15 is 0 Å². The molecule has 0 aliphatic rings. The molecule has 130 valence electrons. The lowest BCUT2D eigenvalue weighted by molar-refractivity contribution is 0.0664. The van der Waals surface area contributed by atoms with Crippen molar-refractivity contribution in [3.8, 4) is 0 Å². The minimum atomic E-state index is -0.673. The van der Waals surface area contributed by atoms with Crippen LogP contribution in [-0.4, -0.2) is 18.8 Å². The fourth-order valence-corrected chi connectivity index (χ4v) is 2.33. The summed E-state index contributed by atoms with van der Waals surface area (Å²) >= 11 is 5.24. The Labute approximate surface area is 141 Å². The van der Waals surface area contributed by atoms with E-state index in [4.69, 9.17) is 16.3 Å². The van der Waals surface area contributed by atoms with Crippen molar-refractivity contribution >= 4 is 17.8 Å². The minimum Gasteiger partial charge on any atom is -0.434 e. The second kappa shape index (κ2) is 18.3. The van der Waals surface area contributed by atoms with Crippen LogP contribution in [0.2, 0.25) is 0 Å². The molecule has 0 aliphatic carbocycles. The highest BCUT2D eigenvalue weighted by Crippen LogP contribution is 2.08. The maximum Gasteiger partial charge on any atom is 0.509 e. The number of ether oxygens (including phenoxy) is 2. The van der Waals surface area contributed by atoms with E-state index in [-0.39, 0.29) is 6.07 Å². The zero-order chi connectivity index (χ0) is 16.3. The molecule has 0 radical (unpaired) electrons. The van der Waals surface area contributed by atoms with Gasteiger partial charge in [0.25, 0.3) is 0 Å². The topological polar surface area (TPSA) is 35.5 Å². The first-order valence-electron chi connectivity index (χ1n) is 8.81. The van der Waals surface area contributed by atoms with Gasteiger partial charge in [-0.05, 0) is 32.1 Å². The molecular formula is C18H33ClO3. The van der Waals surface area contributed by atoms with Crippen molar-refractivity contribution in [2.45, 2.75) is 84.0 Å². The number of rotatable bonds is 15. The fraction of sp³-hybridized carbons (Fsp3) is 0.833. The summed E-state index contributed by atoms with van der Waals surface area (Å²) in [5.74, 6) is 0. The van der Waals surface area contributed by atoms with Gasteiger partial charge in [0, 0.05) is 0 Å². The van der Waals surface area contributed by atoms with Crippen LogP contribution in [0.5, 0.6) is 0 Å². The van der Waals surface area contributed by atoms with Gasteiger partial charge in [-0.2, -0.15) is 0 Å². The van der Waals surface area contributed by atoms with Gasteiger partial charge in [0.2, 0.25) is 0 Å². The van der Waals surface area contributed by atoms with Gasteiger partial charge in [0.1, 0.15) is 0 Å². The third-order valence-corrected chi connectivity index (χ3v) is 3.66. The van der Waals surface area contributed by atoms with Crippen LogP contribution in [-0.2, 0) is 9.47 Å². The van der Waals surface area contributed by atoms with Crippen molar-refractivity contribution in [2.75, 3.05) is 12.7 Å². The van der Waals surface area contributed by atoms with Crippen LogP contribution in [0, 0.1) is 0 Å². The van der Waals surface area contributed by atoms with E-state index in [9.17, 15) is 4.79 Å². The Morgan fingerprint density at radius 3 is 1.95 bits per heavy atom. The molecule has 0 aliphatic heterocycles. The Kier molecular flexibility index (Phi) is 17.8. The van der Waals surface area contributed by atoms with Gasteiger partial charge in [-0.15, -0.1) is 0 Å². The lowest BCUT2D eigenvalue weighted by atomic mass is 10.1. The lowest BCUT2D eigenvalue weighted by Crippen LogP contribution is -2.07. The van der Waals surface area contributed by atoms with E-state index < -0.39 is 6.16 Å². The second-order valence-electron chi connectivity index (χ2n) is 5.58. The van der Waals surface area contributed by atoms with E-state index in [0.29, 0.717) is 6.61 Å². The predicted molar refractivity (Wildman–Crippen MR) is 93.4 cm³/mol. The van der Waals surface area contributed by atoms with Crippen molar-refractivity contribution in [3.63, 3.8) is 0 Å². The van der Waals surface area contributed by atoms with Crippen molar-refractivity contribution in [3.05, 3.63) is 12.2 Å². The molecule has 0 aromatic carbocycles. The molecule has 0 rings (SSSR count). The summed E-state index contributed by atoms with van der Waals surface area (Å²) in [6.45, 7) is 2.68. The normalized spacial score (nSPS) is 11.0. The summed E-state index contributed by atoms with van der Waals surface area (Å²) in [6.07, 6.45) is 18.9. The molecule has 0 saturated carbocycles. The standard InChI is InChI=1S/C18H33ClO3/c1-2-3-4-5-6-7-8-9-10-11-12-13-14-15-16-21-18(20)22-17-19/h9-10H,2-8,11-17H2,1H3/b10-9+. The first-order valence-corrected chi connectivity index (χ1v) is 9.35. The number of carbonyl (C=O) groups is 1. The van der Waals surface area contributed by atoms with E-state index in [1.807, 2.05) is 0 Å². The van der Waals surface area contributed by atoms with Crippen LogP contribution < -0.4 is 0 Å². The number of alkyl halides is 1. The van der Waals surface area contributed by atoms with Gasteiger partial charge < -0.3 is 9.47 Å². The van der Waals surface area contributed by atoms with E-state index in [1.165, 1.54) is 57.8 Å². The Hall–Kier alpha value is -0.700. The van der Waals surface area contributed by atoms with Crippen molar-refractivity contribution in [1.82, 2.24) is 0 Å². The average molecular weight is 333 g/mol. The van der Waals surface area contributed by atoms with Crippen LogP contribution in [0.15, 0.2) is 12.2 Å². The summed E-state index contributed by atoms with van der Waals surface area (Å²) in [5.41, 5.74) is 0. The molecule has 0 aromatic rings. The predicted octanol–water partition coefficient (Wildman–Crippen LogP) is 6.59. The van der Waals surface area contributed by atoms with Gasteiger partial charge in [-0.25, -0.2) is 4.79 Å². The van der Waals surface area contributed by atoms with E-state index in [0.717, 1.165) is 19.3 Å². The van der Waals surface area contributed by atoms with E-state index in [2.05, 4.69) is 23.8 Å². The molecule has 0 aromatic heterocycles. The largest absolute Gasteiger partial charge is 0.509 e. The Morgan fingerprint density at radius 1 is 0.818 bits per heavy atom. The van der Waals surface area contributed by atoms with Gasteiger partial charge in [0.15, 0.2) is 6.07 Å². The summed E-state index contributed by atoms with van der Waals surface area (Å²) in [7, 11) is 0. The zero-order valence-electron chi connectivity index (χ0n) is 14.2. The highest BCUT2D eigenvalue weighted by Gasteiger charge is 2.00. The van der Waals surface area contributed by atoms with Crippen LogP contribution in [0.1, 0.15) is 84.0 Å². The second-order valence-corrected chi connectivity index (χ2v) is 5.80. The summed E-state index contributed by atoms with van der Waals surface area (Å²) in [4.78, 5) is 10.8. The maximum atomic E-state index is 10.8. The van der Waals surface area contributed by atoms with Crippen molar-refractivity contribution in [1.29, 1.82) is 0 Å². The summed E-state index contributed by atoms with van der Waals surface area (Å²) in [5, 5.41) is 0. The molecule has 22 heavy (non-hydrogen) atoms. The van der Waals surface area contributed by atoms with Crippen LogP contribution >= 0.6 is 11.6 Å². The molecule has 0 N–H and O–H groups in total. The Morgan fingerprint density at radius 2 is 1.36 bits per heavy atom. The third kappa shape index (κ3) is 17.4. The van der Waals surface area contributed by atoms with Gasteiger partial charge in [-0.1, -0.05) is 75.6 Å². The number of unbranched alkanes of at least 4 members (excludes halogenated alkanes) is 10. The molecular weight excluding hydrogens is 300 g/mol. The van der Waals surface area contributed by atoms with Crippen molar-refractivity contribution < 1.29 is 14.3 Å². The smallest absolute Gasteiger partial charge is 0.434 e. The minimum absolute atomic E-state index is 0.149. The number of hydrogen-bond donors (Lipinski definition) is 0. The van der Waals surface area contributed by atoms with E-state index in [1.54, 1.807) is 0 Å². The highest BCUT2D eigenvalue weighted by molar-refractivity contribution is 6.17. The zero-order valence-corrected chi connectivity index (χ0v) is 14.9. The van der Waals surface area contributed by atoms with Gasteiger partial charge in [-0.3, -0.25) is 0 Å². The highest BCUT2D eigenvalue weighted by atomic mass is 35.5. The summed E-state index contributed by atoms with van der Waals surface area (Å²) in [6, 6.07) is -0.149. The molecule has 0 heterocycles. The molecule has 4 heteroatoms. The molecule has 0 bridgehead atoms. The molecule has 0 spiro atoms. The van der Waals surface area contributed by atoms with Crippen LogP contribution in [0.25, 0.3) is 0 Å². The number of carbonyl (C=O) groups excluding carboxylic acids is 1. The maximum absolute atomic E-state index is 10.8. The monoisotopic (exact) mass is 332 g/mol. The summed E-state index contributed by atoms with van der Waals surface area (Å²) < 4.78 is 9.29. The molecule has 0 atom stereocenters. The fourth-order valence-electron chi connectivity index (χ4n) is 2.24. The molecule has 3 nitrogen and oxygen atoms in total. The quantitative estimate of drug-likeness (QED) is 0.147. The molecule has 0 fully saturated rings. The van der Waals surface area contributed by atoms with Crippen LogP contribution in [0.3, 0.4) is 0 Å².